The quantitative estimate of drug-likeness (QED) is 0.865. The van der Waals surface area contributed by atoms with Crippen molar-refractivity contribution in [1.29, 1.82) is 0 Å². The van der Waals surface area contributed by atoms with E-state index in [1.165, 1.54) is 18.5 Å². The zero-order valence-electron chi connectivity index (χ0n) is 11.8. The summed E-state index contributed by atoms with van der Waals surface area (Å²) in [5, 5.41) is 8.04. The lowest BCUT2D eigenvalue weighted by Gasteiger charge is -2.30. The van der Waals surface area contributed by atoms with Gasteiger partial charge in [0.25, 0.3) is 0 Å². The number of hydrogen-bond donors (Lipinski definition) is 1. The van der Waals surface area contributed by atoms with Gasteiger partial charge in [0.15, 0.2) is 0 Å². The largest absolute Gasteiger partial charge is 0.381 e. The Balaban J connectivity index is 2.02. The van der Waals surface area contributed by atoms with E-state index in [0.29, 0.717) is 12.0 Å². The number of hydrogen-bond acceptors (Lipinski definition) is 3. The molecule has 1 aromatic rings. The molecule has 2 atom stereocenters. The molecule has 4 nitrogen and oxygen atoms in total. The third-order valence-electron chi connectivity index (χ3n) is 3.76. The monoisotopic (exact) mass is 251 g/mol. The minimum Gasteiger partial charge on any atom is -0.381 e. The number of nitrogens with zero attached hydrogens (tertiary/aromatic N) is 2. The van der Waals surface area contributed by atoms with E-state index >= 15 is 0 Å². The number of rotatable bonds is 5. The molecule has 1 aliphatic rings. The lowest BCUT2D eigenvalue weighted by Crippen LogP contribution is -2.42. The molecule has 0 bridgehead atoms. The van der Waals surface area contributed by atoms with Gasteiger partial charge in [0.05, 0.1) is 12.3 Å². The zero-order chi connectivity index (χ0) is 13.0. The first-order chi connectivity index (χ1) is 8.70. The Morgan fingerprint density at radius 1 is 1.61 bits per heavy atom. The Morgan fingerprint density at radius 3 is 3.00 bits per heavy atom. The molecule has 18 heavy (non-hydrogen) atoms. The van der Waals surface area contributed by atoms with E-state index in [9.17, 15) is 0 Å². The first kappa shape index (κ1) is 13.6. The maximum Gasteiger partial charge on any atom is 0.0596 e. The number of aryl methyl sites for hydroxylation is 2. The fourth-order valence-corrected chi connectivity index (χ4v) is 2.83. The third kappa shape index (κ3) is 3.33. The van der Waals surface area contributed by atoms with Crippen LogP contribution in [0.2, 0.25) is 0 Å². The van der Waals surface area contributed by atoms with E-state index in [-0.39, 0.29) is 0 Å². The van der Waals surface area contributed by atoms with Gasteiger partial charge >= 0.3 is 0 Å². The molecule has 2 unspecified atom stereocenters. The van der Waals surface area contributed by atoms with Crippen LogP contribution in [0, 0.1) is 12.8 Å². The maximum atomic E-state index is 5.62. The third-order valence-corrected chi connectivity index (χ3v) is 3.76. The van der Waals surface area contributed by atoms with Gasteiger partial charge in [0.2, 0.25) is 0 Å². The highest BCUT2D eigenvalue weighted by atomic mass is 16.5. The second-order valence-corrected chi connectivity index (χ2v) is 5.25. The van der Waals surface area contributed by atoms with E-state index < -0.39 is 0 Å². The minimum atomic E-state index is 0.505. The minimum absolute atomic E-state index is 0.505. The summed E-state index contributed by atoms with van der Waals surface area (Å²) >= 11 is 0. The molecule has 1 aromatic heterocycles. The van der Waals surface area contributed by atoms with Crippen molar-refractivity contribution in [3.63, 3.8) is 0 Å². The van der Waals surface area contributed by atoms with Crippen LogP contribution in [-0.2, 0) is 18.2 Å². The van der Waals surface area contributed by atoms with E-state index in [2.05, 4.69) is 30.3 Å². The van der Waals surface area contributed by atoms with Gasteiger partial charge in [-0.3, -0.25) is 4.68 Å². The maximum absolute atomic E-state index is 5.62. The van der Waals surface area contributed by atoms with Crippen LogP contribution in [0.5, 0.6) is 0 Å². The molecule has 1 N–H and O–H groups in total. The van der Waals surface area contributed by atoms with Crippen LogP contribution in [0.15, 0.2) is 6.07 Å². The predicted octanol–water partition coefficient (Wildman–Crippen LogP) is 1.68. The Morgan fingerprint density at radius 2 is 2.44 bits per heavy atom. The molecule has 4 heteroatoms. The van der Waals surface area contributed by atoms with Crippen LogP contribution in [0.3, 0.4) is 0 Å². The molecule has 0 saturated carbocycles. The van der Waals surface area contributed by atoms with Gasteiger partial charge < -0.3 is 10.1 Å². The van der Waals surface area contributed by atoms with Gasteiger partial charge in [-0.2, -0.15) is 5.10 Å². The van der Waals surface area contributed by atoms with Crippen LogP contribution < -0.4 is 5.32 Å². The van der Waals surface area contributed by atoms with Gasteiger partial charge in [0, 0.05) is 31.8 Å². The number of ether oxygens (including phenoxy) is 1. The average molecular weight is 251 g/mol. The van der Waals surface area contributed by atoms with Gasteiger partial charge in [-0.05, 0) is 38.3 Å². The number of aromatic nitrogens is 2. The van der Waals surface area contributed by atoms with Gasteiger partial charge in [0.1, 0.15) is 0 Å². The molecule has 2 heterocycles. The summed E-state index contributed by atoms with van der Waals surface area (Å²) in [7, 11) is 2.03. The van der Waals surface area contributed by atoms with Crippen molar-refractivity contribution in [2.24, 2.45) is 13.0 Å². The SMILES string of the molecule is CCNC(Cc1cc(C)nn1C)C1CCCOC1. The molecule has 0 aliphatic carbocycles. The lowest BCUT2D eigenvalue weighted by atomic mass is 9.90. The molecular formula is C14H25N3O. The highest BCUT2D eigenvalue weighted by Gasteiger charge is 2.24. The standard InChI is InChI=1S/C14H25N3O/c1-4-15-14(12-6-5-7-18-10-12)9-13-8-11(2)16-17(13)3/h8,12,14-15H,4-7,9-10H2,1-3H3. The smallest absolute Gasteiger partial charge is 0.0596 e. The van der Waals surface area contributed by atoms with E-state index in [1.54, 1.807) is 0 Å². The van der Waals surface area contributed by atoms with Crippen molar-refractivity contribution < 1.29 is 4.74 Å². The summed E-state index contributed by atoms with van der Waals surface area (Å²) in [4.78, 5) is 0. The molecule has 2 rings (SSSR count). The topological polar surface area (TPSA) is 39.1 Å². The second-order valence-electron chi connectivity index (χ2n) is 5.25. The highest BCUT2D eigenvalue weighted by Crippen LogP contribution is 2.20. The van der Waals surface area contributed by atoms with Crippen molar-refractivity contribution in [3.8, 4) is 0 Å². The molecule has 1 saturated heterocycles. The zero-order valence-corrected chi connectivity index (χ0v) is 11.8. The summed E-state index contributed by atoms with van der Waals surface area (Å²) in [5.41, 5.74) is 2.41. The summed E-state index contributed by atoms with van der Waals surface area (Å²) in [6, 6.07) is 2.69. The van der Waals surface area contributed by atoms with Crippen molar-refractivity contribution >= 4 is 0 Å². The van der Waals surface area contributed by atoms with Crippen LogP contribution in [0.25, 0.3) is 0 Å². The molecule has 1 aliphatic heterocycles. The number of likely N-dealkylation sites (N-methyl/N-ethyl adjacent to an activating group) is 1. The van der Waals surface area contributed by atoms with Gasteiger partial charge in [-0.1, -0.05) is 6.92 Å². The van der Waals surface area contributed by atoms with Crippen molar-refractivity contribution in [2.75, 3.05) is 19.8 Å². The van der Waals surface area contributed by atoms with Crippen molar-refractivity contribution in [3.05, 3.63) is 17.5 Å². The van der Waals surface area contributed by atoms with Crippen molar-refractivity contribution in [1.82, 2.24) is 15.1 Å². The fraction of sp³-hybridized carbons (Fsp3) is 0.786. The van der Waals surface area contributed by atoms with Crippen molar-refractivity contribution in [2.45, 2.75) is 39.2 Å². The number of nitrogens with one attached hydrogen (secondary N) is 1. The van der Waals surface area contributed by atoms with E-state index in [4.69, 9.17) is 4.74 Å². The van der Waals surface area contributed by atoms with E-state index in [1.807, 2.05) is 11.7 Å². The van der Waals surface area contributed by atoms with Crippen LogP contribution in [0.1, 0.15) is 31.2 Å². The predicted molar refractivity (Wildman–Crippen MR) is 72.7 cm³/mol. The molecule has 1 fully saturated rings. The summed E-state index contributed by atoms with van der Waals surface area (Å²) in [6.07, 6.45) is 3.50. The molecule has 0 spiro atoms. The van der Waals surface area contributed by atoms with E-state index in [0.717, 1.165) is 31.9 Å². The summed E-state index contributed by atoms with van der Waals surface area (Å²) in [6.45, 7) is 7.06. The first-order valence-electron chi connectivity index (χ1n) is 7.01. The summed E-state index contributed by atoms with van der Waals surface area (Å²) in [5.74, 6) is 0.633. The Kier molecular flexibility index (Phi) is 4.78. The molecule has 0 aromatic carbocycles. The Bertz CT molecular complexity index is 369. The Labute approximate surface area is 110 Å². The Hall–Kier alpha value is -0.870. The second kappa shape index (κ2) is 6.34. The normalized spacial score (nSPS) is 22.1. The lowest BCUT2D eigenvalue weighted by molar-refractivity contribution is 0.0393. The average Bonchev–Trinajstić information content (AvgIpc) is 2.68. The molecular weight excluding hydrogens is 226 g/mol. The van der Waals surface area contributed by atoms with Crippen LogP contribution in [0.4, 0.5) is 0 Å². The fourth-order valence-electron chi connectivity index (χ4n) is 2.83. The van der Waals surface area contributed by atoms with Crippen LogP contribution in [-0.4, -0.2) is 35.6 Å². The molecule has 0 radical (unpaired) electrons. The van der Waals surface area contributed by atoms with Gasteiger partial charge in [-0.15, -0.1) is 0 Å². The summed E-state index contributed by atoms with van der Waals surface area (Å²) < 4.78 is 7.62. The molecule has 102 valence electrons. The molecule has 0 amide bonds. The van der Waals surface area contributed by atoms with Crippen LogP contribution >= 0.6 is 0 Å². The highest BCUT2D eigenvalue weighted by molar-refractivity contribution is 5.10. The van der Waals surface area contributed by atoms with Gasteiger partial charge in [-0.25, -0.2) is 0 Å². The first-order valence-corrected chi connectivity index (χ1v) is 7.01.